The summed E-state index contributed by atoms with van der Waals surface area (Å²) >= 11 is 32.5. The second-order valence-electron chi connectivity index (χ2n) is 1.87. The van der Waals surface area contributed by atoms with Crippen molar-refractivity contribution < 1.29 is 4.79 Å². The zero-order chi connectivity index (χ0) is 11.3. The largest absolute Gasteiger partial charge is 0.285 e. The minimum Gasteiger partial charge on any atom is -0.285 e. The Kier molecular flexibility index (Phi) is 7.31. The van der Waals surface area contributed by atoms with E-state index >= 15 is 0 Å². The molecule has 0 aliphatic heterocycles. The Bertz CT molecular complexity index is 311. The van der Waals surface area contributed by atoms with Crippen molar-refractivity contribution in [2.24, 2.45) is 0 Å². The van der Waals surface area contributed by atoms with Gasteiger partial charge in [0.25, 0.3) is 0 Å². The van der Waals surface area contributed by atoms with E-state index in [-0.39, 0.29) is 20.8 Å². The average molecular weight is 315 g/mol. The molecule has 0 heterocycles. The number of benzene rings is 1. The van der Waals surface area contributed by atoms with Gasteiger partial charge in [-0.25, -0.2) is 0 Å². The summed E-state index contributed by atoms with van der Waals surface area (Å²) in [6, 6.07) is 1.44. The van der Waals surface area contributed by atoms with Crippen molar-refractivity contribution in [1.82, 2.24) is 0 Å². The molecular weight excluding hydrogens is 313 g/mol. The van der Waals surface area contributed by atoms with Crippen LogP contribution in [0.4, 0.5) is 0 Å². The first-order valence-electron chi connectivity index (χ1n) is 2.98. The Labute approximate surface area is 111 Å². The molecule has 7 heteroatoms. The maximum atomic E-state index is 8.57. The lowest BCUT2D eigenvalue weighted by Crippen LogP contribution is -1.75. The van der Waals surface area contributed by atoms with Gasteiger partial charge in [0.1, 0.15) is 0 Å². The SMILES string of the molecule is Clc1cc(Cl)c(Cl)c(Cl)c1Cl.O=CCl. The summed E-state index contributed by atoms with van der Waals surface area (Å²) in [6.07, 6.45) is 0. The van der Waals surface area contributed by atoms with E-state index in [0.29, 0.717) is 10.0 Å². The maximum absolute atomic E-state index is 8.57. The van der Waals surface area contributed by atoms with Crippen LogP contribution in [0, 0.1) is 0 Å². The maximum Gasteiger partial charge on any atom is 0.208 e. The van der Waals surface area contributed by atoms with Crippen molar-refractivity contribution in [3.8, 4) is 0 Å². The lowest BCUT2D eigenvalue weighted by molar-refractivity contribution is 0.569. The molecule has 0 unspecified atom stereocenters. The lowest BCUT2D eigenvalue weighted by atomic mass is 10.3. The first-order chi connectivity index (χ1) is 6.45. The van der Waals surface area contributed by atoms with E-state index in [4.69, 9.17) is 62.8 Å². The smallest absolute Gasteiger partial charge is 0.208 e. The van der Waals surface area contributed by atoms with Crippen LogP contribution in [0.25, 0.3) is 0 Å². The summed E-state index contributed by atoms with van der Waals surface area (Å²) in [4.78, 5) is 8.57. The van der Waals surface area contributed by atoms with Crippen LogP contribution >= 0.6 is 69.6 Å². The first kappa shape index (κ1) is 14.6. The number of carbonyl (C=O) groups is 1. The van der Waals surface area contributed by atoms with Gasteiger partial charge in [0.05, 0.1) is 25.1 Å². The molecule has 1 nitrogen and oxygen atoms in total. The highest BCUT2D eigenvalue weighted by atomic mass is 35.5. The van der Waals surface area contributed by atoms with Crippen LogP contribution in [0.5, 0.6) is 0 Å². The van der Waals surface area contributed by atoms with Crippen molar-refractivity contribution >= 4 is 75.4 Å². The van der Waals surface area contributed by atoms with Gasteiger partial charge in [0, 0.05) is 0 Å². The third-order valence-electron chi connectivity index (χ3n) is 1.06. The second-order valence-corrected chi connectivity index (χ2v) is 4.00. The summed E-state index contributed by atoms with van der Waals surface area (Å²) in [5.74, 6) is 0.222. The van der Waals surface area contributed by atoms with Gasteiger partial charge in [-0.1, -0.05) is 58.0 Å². The first-order valence-corrected chi connectivity index (χ1v) is 5.30. The van der Waals surface area contributed by atoms with Gasteiger partial charge in [-0.2, -0.15) is 0 Å². The number of rotatable bonds is 0. The van der Waals surface area contributed by atoms with E-state index in [9.17, 15) is 0 Å². The third kappa shape index (κ3) is 4.01. The van der Waals surface area contributed by atoms with Crippen molar-refractivity contribution in [2.45, 2.75) is 0 Å². The van der Waals surface area contributed by atoms with Crippen LogP contribution in [-0.4, -0.2) is 5.75 Å². The van der Waals surface area contributed by atoms with Crippen molar-refractivity contribution in [3.63, 3.8) is 0 Å². The highest BCUT2D eigenvalue weighted by Gasteiger charge is 2.10. The molecule has 0 saturated heterocycles. The third-order valence-corrected chi connectivity index (χ3v) is 3.20. The highest BCUT2D eigenvalue weighted by molar-refractivity contribution is 6.55. The molecule has 0 aliphatic rings. The Morgan fingerprint density at radius 2 is 1.14 bits per heavy atom. The molecule has 0 aromatic heterocycles. The summed E-state index contributed by atoms with van der Waals surface area (Å²) in [6.45, 7) is 0. The van der Waals surface area contributed by atoms with E-state index in [2.05, 4.69) is 11.6 Å². The number of hydrogen-bond donors (Lipinski definition) is 0. The molecule has 0 bridgehead atoms. The van der Waals surface area contributed by atoms with E-state index in [1.807, 2.05) is 0 Å². The van der Waals surface area contributed by atoms with Crippen molar-refractivity contribution in [1.29, 1.82) is 0 Å². The molecule has 1 aromatic rings. The van der Waals surface area contributed by atoms with E-state index in [0.717, 1.165) is 0 Å². The lowest BCUT2D eigenvalue weighted by Gasteiger charge is -2.02. The molecule has 0 fully saturated rings. The summed E-state index contributed by atoms with van der Waals surface area (Å²) < 4.78 is 0. The molecule has 78 valence electrons. The molecule has 0 N–H and O–H groups in total. The topological polar surface area (TPSA) is 17.1 Å². The summed E-state index contributed by atoms with van der Waals surface area (Å²) in [5, 5.41) is 1.23. The monoisotopic (exact) mass is 312 g/mol. The van der Waals surface area contributed by atoms with Gasteiger partial charge in [-0.05, 0) is 17.7 Å². The molecule has 0 aliphatic carbocycles. The average Bonchev–Trinajstić information content (AvgIpc) is 2.13. The van der Waals surface area contributed by atoms with Gasteiger partial charge in [-0.3, -0.25) is 4.79 Å². The normalized spacial score (nSPS) is 9.00. The van der Waals surface area contributed by atoms with Crippen LogP contribution in [-0.2, 0) is 4.79 Å². The Balaban J connectivity index is 0.000000500. The second kappa shape index (κ2) is 7.00. The van der Waals surface area contributed by atoms with Gasteiger partial charge in [0.15, 0.2) is 0 Å². The van der Waals surface area contributed by atoms with Gasteiger partial charge < -0.3 is 0 Å². The molecule has 0 saturated carbocycles. The standard InChI is InChI=1S/C6HCl5.CHClO/c7-2-1-3(8)5(10)6(11)4(2)9;2-1-3/h1H;1H. The predicted octanol–water partition coefficient (Wildman–Crippen LogP) is 5.37. The van der Waals surface area contributed by atoms with Crippen molar-refractivity contribution in [2.75, 3.05) is 0 Å². The van der Waals surface area contributed by atoms with Crippen molar-refractivity contribution in [3.05, 3.63) is 31.2 Å². The fourth-order valence-corrected chi connectivity index (χ4v) is 1.65. The van der Waals surface area contributed by atoms with Crippen LogP contribution in [0.3, 0.4) is 0 Å². The molecule has 0 amide bonds. The summed E-state index contributed by atoms with van der Waals surface area (Å²) in [5.41, 5.74) is 0. The van der Waals surface area contributed by atoms with E-state index in [1.165, 1.54) is 6.07 Å². The predicted molar refractivity (Wildman–Crippen MR) is 64.1 cm³/mol. The molecule has 0 atom stereocenters. The summed E-state index contributed by atoms with van der Waals surface area (Å²) in [7, 11) is 0. The van der Waals surface area contributed by atoms with Crippen LogP contribution in [0.1, 0.15) is 0 Å². The van der Waals surface area contributed by atoms with E-state index < -0.39 is 0 Å². The quantitative estimate of drug-likeness (QED) is 0.272. The Morgan fingerprint density at radius 3 is 1.43 bits per heavy atom. The van der Waals surface area contributed by atoms with Gasteiger partial charge >= 0.3 is 0 Å². The van der Waals surface area contributed by atoms with Gasteiger partial charge in [-0.15, -0.1) is 0 Å². The highest BCUT2D eigenvalue weighted by Crippen LogP contribution is 2.40. The molecule has 1 aromatic carbocycles. The molecule has 14 heavy (non-hydrogen) atoms. The van der Waals surface area contributed by atoms with Crippen LogP contribution in [0.15, 0.2) is 6.07 Å². The van der Waals surface area contributed by atoms with Crippen LogP contribution < -0.4 is 0 Å². The minimum atomic E-state index is 0.186. The molecule has 0 radical (unpaired) electrons. The van der Waals surface area contributed by atoms with Crippen LogP contribution in [0.2, 0.25) is 25.1 Å². The Hall–Kier alpha value is 0.630. The van der Waals surface area contributed by atoms with Gasteiger partial charge in [0.2, 0.25) is 5.75 Å². The minimum absolute atomic E-state index is 0.186. The molecule has 0 spiro atoms. The number of carbonyl (C=O) groups excluding carboxylic acids is 1. The zero-order valence-electron chi connectivity index (χ0n) is 6.33. The number of halogens is 6. The van der Waals surface area contributed by atoms with E-state index in [1.54, 1.807) is 0 Å². The number of hydrogen-bond acceptors (Lipinski definition) is 1. The Morgan fingerprint density at radius 1 is 0.857 bits per heavy atom. The fraction of sp³-hybridized carbons (Fsp3) is 0. The molecular formula is C7H2Cl6O. The molecule has 1 rings (SSSR count). The fourth-order valence-electron chi connectivity index (χ4n) is 0.544. The zero-order valence-corrected chi connectivity index (χ0v) is 10.9.